The molecular formula is C7H9Br2NO. The largest absolute Gasteiger partial charge is 0.324 e. The molecular weight excluding hydrogens is 274 g/mol. The molecule has 1 aromatic rings. The first-order valence-electron chi connectivity index (χ1n) is 2.97. The van der Waals surface area contributed by atoms with Gasteiger partial charge in [0.2, 0.25) is 0 Å². The van der Waals surface area contributed by atoms with Crippen LogP contribution in [0.3, 0.4) is 0 Å². The Bertz CT molecular complexity index is 188. The second kappa shape index (κ2) is 6.76. The molecule has 0 aliphatic rings. The van der Waals surface area contributed by atoms with Crippen LogP contribution in [0.5, 0.6) is 0 Å². The third-order valence-corrected chi connectivity index (χ3v) is 1.77. The monoisotopic (exact) mass is 281 g/mol. The molecule has 0 radical (unpaired) electrons. The van der Waals surface area contributed by atoms with Gasteiger partial charge in [0.25, 0.3) is 0 Å². The molecule has 1 aromatic heterocycles. The Morgan fingerprint density at radius 1 is 1.45 bits per heavy atom. The van der Waals surface area contributed by atoms with Crippen LogP contribution in [0.25, 0.3) is 0 Å². The number of hydrogen-bond acceptors (Lipinski definition) is 2. The van der Waals surface area contributed by atoms with Crippen molar-refractivity contribution in [3.05, 3.63) is 29.6 Å². The summed E-state index contributed by atoms with van der Waals surface area (Å²) >= 11 is 5.28. The van der Waals surface area contributed by atoms with E-state index < -0.39 is 0 Å². The van der Waals surface area contributed by atoms with Crippen molar-refractivity contribution in [3.8, 4) is 0 Å². The van der Waals surface area contributed by atoms with Gasteiger partial charge in [0, 0.05) is 17.2 Å². The maximum atomic E-state index is 6.81. The van der Waals surface area contributed by atoms with Crippen molar-refractivity contribution in [3.63, 3.8) is 0 Å². The van der Waals surface area contributed by atoms with E-state index in [1.807, 2.05) is 35.4 Å². The first-order chi connectivity index (χ1) is 5.33. The van der Waals surface area contributed by atoms with Gasteiger partial charge in [0.1, 0.15) is 0 Å². The quantitative estimate of drug-likeness (QED) is 0.803. The van der Waals surface area contributed by atoms with Crippen molar-refractivity contribution in [1.82, 2.24) is 4.98 Å². The van der Waals surface area contributed by atoms with Crippen LogP contribution in [0.1, 0.15) is 11.3 Å². The molecule has 0 spiro atoms. The number of aryl methyl sites for hydroxylation is 1. The predicted molar refractivity (Wildman–Crippen MR) is 52.8 cm³/mol. The predicted octanol–water partition coefficient (Wildman–Crippen LogP) is 2.57. The summed E-state index contributed by atoms with van der Waals surface area (Å²) in [4.78, 5) is 4.12. The lowest BCUT2D eigenvalue weighted by atomic mass is 10.3. The van der Waals surface area contributed by atoms with E-state index in [2.05, 4.69) is 27.0 Å². The number of halogens is 2. The van der Waals surface area contributed by atoms with E-state index in [4.69, 9.17) is 4.20 Å². The van der Waals surface area contributed by atoms with Crippen molar-refractivity contribution in [2.24, 2.45) is 0 Å². The first kappa shape index (κ1) is 11.1. The van der Waals surface area contributed by atoms with Crippen molar-refractivity contribution in [2.75, 3.05) is 0 Å². The van der Waals surface area contributed by atoms with Crippen molar-refractivity contribution in [2.45, 2.75) is 12.3 Å². The normalized spacial score (nSPS) is 8.36. The van der Waals surface area contributed by atoms with Gasteiger partial charge in [-0.3, -0.25) is 4.98 Å². The van der Waals surface area contributed by atoms with E-state index >= 15 is 0 Å². The fourth-order valence-corrected chi connectivity index (χ4v) is 0.909. The first-order valence-corrected chi connectivity index (χ1v) is 4.80. The van der Waals surface area contributed by atoms with E-state index in [-0.39, 0.29) is 0 Å². The maximum absolute atomic E-state index is 6.81. The second-order valence-corrected chi connectivity index (χ2v) is 2.50. The molecule has 4 heteroatoms. The lowest BCUT2D eigenvalue weighted by Crippen LogP contribution is -1.81. The van der Waals surface area contributed by atoms with Gasteiger partial charge >= 0.3 is 0 Å². The molecule has 1 rings (SSSR count). The minimum Gasteiger partial charge on any atom is -0.324 e. The zero-order chi connectivity index (χ0) is 8.69. The highest BCUT2D eigenvalue weighted by molar-refractivity contribution is 9.08. The molecule has 0 aliphatic heterocycles. The Hall–Kier alpha value is 0.0700. The highest BCUT2D eigenvalue weighted by atomic mass is 79.9. The van der Waals surface area contributed by atoms with Gasteiger partial charge in [0.15, 0.2) is 0 Å². The van der Waals surface area contributed by atoms with Crippen LogP contribution >= 0.6 is 32.2 Å². The molecule has 0 aromatic carbocycles. The fourth-order valence-electron chi connectivity index (χ4n) is 0.577. The Morgan fingerprint density at radius 2 is 2.09 bits per heavy atom. The van der Waals surface area contributed by atoms with E-state index in [0.717, 1.165) is 11.0 Å². The molecule has 0 atom stereocenters. The van der Waals surface area contributed by atoms with Gasteiger partial charge in [-0.15, -0.1) is 0 Å². The molecule has 2 nitrogen and oxygen atoms in total. The Labute approximate surface area is 83.2 Å². The van der Waals surface area contributed by atoms with Crippen LogP contribution in [0.15, 0.2) is 18.3 Å². The molecule has 0 amide bonds. The average molecular weight is 283 g/mol. The van der Waals surface area contributed by atoms with Crippen molar-refractivity contribution < 1.29 is 4.20 Å². The lowest BCUT2D eigenvalue weighted by molar-refractivity contribution is 0.702. The molecule has 0 fully saturated rings. The summed E-state index contributed by atoms with van der Waals surface area (Å²) in [6, 6.07) is 4.08. The number of nitrogens with zero attached hydrogens (tertiary/aromatic N) is 1. The van der Waals surface area contributed by atoms with E-state index in [9.17, 15) is 0 Å². The third-order valence-electron chi connectivity index (χ3n) is 1.13. The van der Waals surface area contributed by atoms with Crippen LogP contribution in [-0.2, 0) is 5.33 Å². The van der Waals surface area contributed by atoms with E-state index in [0.29, 0.717) is 0 Å². The number of alkyl halides is 1. The highest BCUT2D eigenvalue weighted by Gasteiger charge is 1.87. The number of aromatic nitrogens is 1. The summed E-state index contributed by atoms with van der Waals surface area (Å²) in [5.41, 5.74) is 2.29. The Kier molecular flexibility index (Phi) is 6.80. The number of hydrogen-bond donors (Lipinski definition) is 1. The topological polar surface area (TPSA) is 33.1 Å². The standard InChI is InChI=1S/C7H8BrN.BrHO/c1-6-2-3-7(4-8)5-9-6;1-2/h2-3,5H,4H2,1H3;2H. The highest BCUT2D eigenvalue weighted by Crippen LogP contribution is 2.03. The Balaban J connectivity index is 0.000000461. The zero-order valence-corrected chi connectivity index (χ0v) is 9.26. The van der Waals surface area contributed by atoms with Crippen LogP contribution in [0, 0.1) is 6.92 Å². The van der Waals surface area contributed by atoms with Gasteiger partial charge in [0.05, 0.1) is 16.3 Å². The lowest BCUT2D eigenvalue weighted by Gasteiger charge is -1.92. The average Bonchev–Trinajstić information content (AvgIpc) is 2.10. The summed E-state index contributed by atoms with van der Waals surface area (Å²) in [7, 11) is 0. The van der Waals surface area contributed by atoms with Gasteiger partial charge in [-0.05, 0) is 18.6 Å². The summed E-state index contributed by atoms with van der Waals surface area (Å²) in [6.07, 6.45) is 1.88. The summed E-state index contributed by atoms with van der Waals surface area (Å²) in [5, 5.41) is 0.889. The van der Waals surface area contributed by atoms with E-state index in [1.165, 1.54) is 5.56 Å². The molecule has 0 saturated carbocycles. The number of pyridine rings is 1. The van der Waals surface area contributed by atoms with Crippen LogP contribution in [0.4, 0.5) is 0 Å². The summed E-state index contributed by atoms with van der Waals surface area (Å²) in [6.45, 7) is 1.98. The van der Waals surface area contributed by atoms with Gasteiger partial charge in [-0.2, -0.15) is 0 Å². The fraction of sp³-hybridized carbons (Fsp3) is 0.286. The van der Waals surface area contributed by atoms with Gasteiger partial charge in [-0.25, -0.2) is 0 Å². The van der Waals surface area contributed by atoms with Crippen LogP contribution in [-0.4, -0.2) is 9.18 Å². The SMILES string of the molecule is Cc1ccc(CBr)cn1.OBr. The Morgan fingerprint density at radius 3 is 2.45 bits per heavy atom. The zero-order valence-electron chi connectivity index (χ0n) is 6.09. The third kappa shape index (κ3) is 4.50. The van der Waals surface area contributed by atoms with Gasteiger partial charge < -0.3 is 4.20 Å². The maximum Gasteiger partial charge on any atom is 0.0957 e. The molecule has 0 aliphatic carbocycles. The van der Waals surface area contributed by atoms with E-state index in [1.54, 1.807) is 0 Å². The second-order valence-electron chi connectivity index (χ2n) is 1.94. The minimum atomic E-state index is 0.889. The van der Waals surface area contributed by atoms with Crippen molar-refractivity contribution in [1.29, 1.82) is 0 Å². The molecule has 0 unspecified atom stereocenters. The smallest absolute Gasteiger partial charge is 0.0957 e. The molecule has 1 N–H and O–H groups in total. The van der Waals surface area contributed by atoms with Gasteiger partial charge in [-0.1, -0.05) is 22.0 Å². The molecule has 0 saturated heterocycles. The van der Waals surface area contributed by atoms with Crippen LogP contribution < -0.4 is 0 Å². The molecule has 62 valence electrons. The summed E-state index contributed by atoms with van der Waals surface area (Å²) in [5.74, 6) is 0. The number of rotatable bonds is 1. The molecule has 1 heterocycles. The van der Waals surface area contributed by atoms with Crippen molar-refractivity contribution >= 4 is 32.2 Å². The molecule has 11 heavy (non-hydrogen) atoms. The minimum absolute atomic E-state index is 0.889. The van der Waals surface area contributed by atoms with Crippen LogP contribution in [0.2, 0.25) is 0 Å². The summed E-state index contributed by atoms with van der Waals surface area (Å²) < 4.78 is 6.81. The molecule has 0 bridgehead atoms.